The van der Waals surface area contributed by atoms with E-state index in [0.717, 1.165) is 11.3 Å². The number of aromatic nitrogens is 2. The van der Waals surface area contributed by atoms with Crippen molar-refractivity contribution in [1.82, 2.24) is 14.1 Å². The van der Waals surface area contributed by atoms with Crippen LogP contribution in [0.15, 0.2) is 41.6 Å². The Hall–Kier alpha value is -1.90. The number of aryl methyl sites for hydroxylation is 1. The van der Waals surface area contributed by atoms with E-state index in [4.69, 9.17) is 9.47 Å². The molecule has 8 heteroatoms. The molecular formula is C17H21N3O4S. The van der Waals surface area contributed by atoms with E-state index < -0.39 is 10.0 Å². The van der Waals surface area contributed by atoms with Crippen molar-refractivity contribution in [3.8, 4) is 5.75 Å². The highest BCUT2D eigenvalue weighted by atomic mass is 32.2. The minimum Gasteiger partial charge on any atom is -0.493 e. The average molecular weight is 363 g/mol. The van der Waals surface area contributed by atoms with E-state index in [1.165, 1.54) is 10.9 Å². The number of nitrogens with zero attached hydrogens (tertiary/aromatic N) is 3. The van der Waals surface area contributed by atoms with Crippen LogP contribution in [-0.2, 0) is 21.8 Å². The van der Waals surface area contributed by atoms with Crippen molar-refractivity contribution >= 4 is 10.0 Å². The fourth-order valence-corrected chi connectivity index (χ4v) is 5.61. The van der Waals surface area contributed by atoms with Gasteiger partial charge < -0.3 is 9.47 Å². The van der Waals surface area contributed by atoms with Gasteiger partial charge in [-0.15, -0.1) is 0 Å². The van der Waals surface area contributed by atoms with Gasteiger partial charge in [-0.05, 0) is 6.07 Å². The standard InChI is InChI=1S/C17H21N3O4S/c1-19-9-13(7-18-19)25(21,22)20-8-12(10-23-2)15-11-24-16-6-4-3-5-14(16)17(15)20/h3-7,9,12,15,17H,8,10-11H2,1-2H3/t12-,15-,17-/m0/s1. The first-order valence-electron chi connectivity index (χ1n) is 8.23. The molecule has 3 atom stereocenters. The van der Waals surface area contributed by atoms with Gasteiger partial charge in [0.2, 0.25) is 10.0 Å². The molecule has 1 saturated heterocycles. The third-order valence-electron chi connectivity index (χ3n) is 5.07. The zero-order valence-electron chi connectivity index (χ0n) is 14.2. The Morgan fingerprint density at radius 2 is 2.16 bits per heavy atom. The number of fused-ring (bicyclic) bond motifs is 3. The van der Waals surface area contributed by atoms with Crippen molar-refractivity contribution in [1.29, 1.82) is 0 Å². The summed E-state index contributed by atoms with van der Waals surface area (Å²) in [6, 6.07) is 7.43. The van der Waals surface area contributed by atoms with Crippen molar-refractivity contribution in [2.24, 2.45) is 18.9 Å². The van der Waals surface area contributed by atoms with E-state index in [1.54, 1.807) is 24.7 Å². The smallest absolute Gasteiger partial charge is 0.246 e. The maximum Gasteiger partial charge on any atom is 0.246 e. The summed E-state index contributed by atoms with van der Waals surface area (Å²) >= 11 is 0. The van der Waals surface area contributed by atoms with E-state index in [-0.39, 0.29) is 22.8 Å². The summed E-state index contributed by atoms with van der Waals surface area (Å²) in [5.41, 5.74) is 0.921. The van der Waals surface area contributed by atoms with Crippen LogP contribution in [0, 0.1) is 11.8 Å². The molecule has 0 saturated carbocycles. The zero-order chi connectivity index (χ0) is 17.6. The Kier molecular flexibility index (Phi) is 4.05. The number of sulfonamides is 1. The van der Waals surface area contributed by atoms with Crippen molar-refractivity contribution in [2.75, 3.05) is 26.9 Å². The first-order valence-corrected chi connectivity index (χ1v) is 9.67. The molecule has 0 aliphatic carbocycles. The fraction of sp³-hybridized carbons (Fsp3) is 0.471. The molecule has 0 N–H and O–H groups in total. The summed E-state index contributed by atoms with van der Waals surface area (Å²) in [7, 11) is -0.288. The van der Waals surface area contributed by atoms with E-state index >= 15 is 0 Å². The molecule has 0 amide bonds. The topological polar surface area (TPSA) is 73.7 Å². The van der Waals surface area contributed by atoms with Crippen LogP contribution in [0.4, 0.5) is 0 Å². The normalized spacial score (nSPS) is 26.1. The van der Waals surface area contributed by atoms with Crippen LogP contribution in [0.1, 0.15) is 11.6 Å². The van der Waals surface area contributed by atoms with Gasteiger partial charge >= 0.3 is 0 Å². The number of hydrogen-bond acceptors (Lipinski definition) is 5. The van der Waals surface area contributed by atoms with Gasteiger partial charge in [-0.2, -0.15) is 9.40 Å². The molecule has 7 nitrogen and oxygen atoms in total. The lowest BCUT2D eigenvalue weighted by Crippen LogP contribution is -2.35. The van der Waals surface area contributed by atoms with Gasteiger partial charge in [0.25, 0.3) is 0 Å². The summed E-state index contributed by atoms with van der Waals surface area (Å²) in [5.74, 6) is 0.921. The van der Waals surface area contributed by atoms with Crippen molar-refractivity contribution in [3.05, 3.63) is 42.2 Å². The number of rotatable bonds is 4. The van der Waals surface area contributed by atoms with Crippen LogP contribution >= 0.6 is 0 Å². The first-order chi connectivity index (χ1) is 12.0. The minimum atomic E-state index is -3.64. The van der Waals surface area contributed by atoms with E-state index in [9.17, 15) is 8.42 Å². The summed E-state index contributed by atoms with van der Waals surface area (Å²) in [6.45, 7) is 1.42. The summed E-state index contributed by atoms with van der Waals surface area (Å²) in [5, 5.41) is 4.02. The Morgan fingerprint density at radius 3 is 2.88 bits per heavy atom. The van der Waals surface area contributed by atoms with Gasteiger partial charge in [-0.25, -0.2) is 8.42 Å². The third-order valence-corrected chi connectivity index (χ3v) is 6.87. The SMILES string of the molecule is COC[C@@H]1CN(S(=O)(=O)c2cnn(C)c2)[C@H]2c3ccccc3OC[C@@H]12. The highest BCUT2D eigenvalue weighted by Gasteiger charge is 2.51. The molecule has 2 aliphatic heterocycles. The van der Waals surface area contributed by atoms with Crippen LogP contribution in [0.3, 0.4) is 0 Å². The highest BCUT2D eigenvalue weighted by molar-refractivity contribution is 7.89. The Bertz CT molecular complexity index is 880. The molecule has 3 heterocycles. The average Bonchev–Trinajstić information content (AvgIpc) is 3.20. The maximum absolute atomic E-state index is 13.3. The summed E-state index contributed by atoms with van der Waals surface area (Å²) < 4.78 is 40.8. The first kappa shape index (κ1) is 16.6. The van der Waals surface area contributed by atoms with Gasteiger partial charge in [0, 0.05) is 44.3 Å². The molecule has 1 aromatic carbocycles. The second kappa shape index (κ2) is 6.12. The lowest BCUT2D eigenvalue weighted by molar-refractivity contribution is 0.102. The van der Waals surface area contributed by atoms with Gasteiger partial charge in [-0.1, -0.05) is 18.2 Å². The van der Waals surface area contributed by atoms with Crippen molar-refractivity contribution < 1.29 is 17.9 Å². The zero-order valence-corrected chi connectivity index (χ0v) is 15.0. The van der Waals surface area contributed by atoms with Gasteiger partial charge in [0.15, 0.2) is 0 Å². The molecule has 0 spiro atoms. The van der Waals surface area contributed by atoms with Crippen molar-refractivity contribution in [3.63, 3.8) is 0 Å². The number of para-hydroxylation sites is 1. The maximum atomic E-state index is 13.3. The quantitative estimate of drug-likeness (QED) is 0.822. The molecule has 1 aromatic heterocycles. The molecule has 2 aromatic rings. The lowest BCUT2D eigenvalue weighted by atomic mass is 9.86. The summed E-state index contributed by atoms with van der Waals surface area (Å²) in [4.78, 5) is 0.218. The number of methoxy groups -OCH3 is 1. The predicted molar refractivity (Wildman–Crippen MR) is 90.6 cm³/mol. The Morgan fingerprint density at radius 1 is 1.36 bits per heavy atom. The Labute approximate surface area is 147 Å². The number of ether oxygens (including phenoxy) is 2. The number of benzene rings is 1. The van der Waals surface area contributed by atoms with Gasteiger partial charge in [0.05, 0.1) is 25.5 Å². The fourth-order valence-electron chi connectivity index (χ4n) is 3.91. The predicted octanol–water partition coefficient (Wildman–Crippen LogP) is 1.44. The van der Waals surface area contributed by atoms with E-state index in [2.05, 4.69) is 5.10 Å². The molecular weight excluding hydrogens is 342 g/mol. The minimum absolute atomic E-state index is 0.0706. The van der Waals surface area contributed by atoms with Crippen molar-refractivity contribution in [2.45, 2.75) is 10.9 Å². The largest absolute Gasteiger partial charge is 0.493 e. The van der Waals surface area contributed by atoms with Gasteiger partial charge in [0.1, 0.15) is 10.6 Å². The molecule has 134 valence electrons. The van der Waals surface area contributed by atoms with E-state index in [0.29, 0.717) is 19.8 Å². The number of hydrogen-bond donors (Lipinski definition) is 0. The van der Waals surface area contributed by atoms with E-state index in [1.807, 2.05) is 24.3 Å². The molecule has 25 heavy (non-hydrogen) atoms. The lowest BCUT2D eigenvalue weighted by Gasteiger charge is -2.33. The monoisotopic (exact) mass is 363 g/mol. The molecule has 0 bridgehead atoms. The second-order valence-electron chi connectivity index (χ2n) is 6.60. The van der Waals surface area contributed by atoms with Crippen LogP contribution in [-0.4, -0.2) is 49.4 Å². The molecule has 0 unspecified atom stereocenters. The van der Waals surface area contributed by atoms with Crippen LogP contribution in [0.25, 0.3) is 0 Å². The van der Waals surface area contributed by atoms with Crippen LogP contribution in [0.2, 0.25) is 0 Å². The molecule has 1 fully saturated rings. The Balaban J connectivity index is 1.79. The van der Waals surface area contributed by atoms with Gasteiger partial charge in [-0.3, -0.25) is 4.68 Å². The highest BCUT2D eigenvalue weighted by Crippen LogP contribution is 2.49. The third kappa shape index (κ3) is 2.65. The summed E-state index contributed by atoms with van der Waals surface area (Å²) in [6.07, 6.45) is 2.94. The molecule has 4 rings (SSSR count). The van der Waals surface area contributed by atoms with Crippen LogP contribution < -0.4 is 4.74 Å². The van der Waals surface area contributed by atoms with Crippen LogP contribution in [0.5, 0.6) is 5.75 Å². The molecule has 2 aliphatic rings. The molecule has 0 radical (unpaired) electrons. The second-order valence-corrected chi connectivity index (χ2v) is 8.49.